The van der Waals surface area contributed by atoms with Crippen molar-refractivity contribution in [3.63, 3.8) is 0 Å². The number of halogens is 3. The Morgan fingerprint density at radius 3 is 2.62 bits per heavy atom. The minimum atomic E-state index is -2.04. The summed E-state index contributed by atoms with van der Waals surface area (Å²) in [6.45, 7) is 0.161. The zero-order valence-electron chi connectivity index (χ0n) is 20.6. The van der Waals surface area contributed by atoms with Crippen LogP contribution >= 0.6 is 58.5 Å². The zero-order chi connectivity index (χ0) is 29.0. The summed E-state index contributed by atoms with van der Waals surface area (Å²) in [5.41, 5.74) is 0.503. The molecule has 0 aliphatic carbocycles. The van der Waals surface area contributed by atoms with E-state index in [1.807, 2.05) is 0 Å². The normalized spacial score (nSPS) is 19.1. The SMILES string of the molecule is O=C(CSc1cc(Cl)ccc1Cl)N[C@@H]1C(=O)N2C(C(=O)O)=C(CSc3cc[n+](CCC(F)C(=O)[O-])cc3)CS[C@H]12. The molecule has 3 atom stereocenters. The number of benzene rings is 1. The van der Waals surface area contributed by atoms with Crippen LogP contribution in [0.5, 0.6) is 0 Å². The molecule has 2 aliphatic heterocycles. The highest BCUT2D eigenvalue weighted by Crippen LogP contribution is 2.41. The number of carbonyl (C=O) groups excluding carboxylic acids is 3. The molecule has 40 heavy (non-hydrogen) atoms. The lowest BCUT2D eigenvalue weighted by molar-refractivity contribution is -0.698. The number of aryl methyl sites for hydroxylation is 1. The van der Waals surface area contributed by atoms with Crippen LogP contribution in [-0.2, 0) is 25.7 Å². The molecule has 1 saturated heterocycles. The van der Waals surface area contributed by atoms with Gasteiger partial charge in [0.2, 0.25) is 5.91 Å². The Morgan fingerprint density at radius 2 is 1.95 bits per heavy atom. The Kier molecular flexibility index (Phi) is 10.3. The number of amides is 2. The van der Waals surface area contributed by atoms with Crippen LogP contribution in [0.25, 0.3) is 0 Å². The number of hydrogen-bond donors (Lipinski definition) is 2. The Bertz CT molecular complexity index is 1360. The van der Waals surface area contributed by atoms with Gasteiger partial charge in [-0.15, -0.1) is 35.3 Å². The van der Waals surface area contributed by atoms with Gasteiger partial charge in [0.1, 0.15) is 23.3 Å². The molecule has 1 unspecified atom stereocenters. The number of carboxylic acids is 2. The van der Waals surface area contributed by atoms with Gasteiger partial charge in [-0.2, -0.15) is 0 Å². The molecule has 2 aromatic rings. The van der Waals surface area contributed by atoms with Crippen molar-refractivity contribution < 1.29 is 38.3 Å². The lowest BCUT2D eigenvalue weighted by Gasteiger charge is -2.49. The van der Waals surface area contributed by atoms with Gasteiger partial charge in [0.25, 0.3) is 5.91 Å². The van der Waals surface area contributed by atoms with Crippen LogP contribution in [-0.4, -0.2) is 68.6 Å². The highest BCUT2D eigenvalue weighted by molar-refractivity contribution is 8.01. The van der Waals surface area contributed by atoms with Gasteiger partial charge in [-0.1, -0.05) is 23.2 Å². The maximum atomic E-state index is 13.2. The monoisotopic (exact) mass is 645 g/mol. The predicted molar refractivity (Wildman–Crippen MR) is 149 cm³/mol. The van der Waals surface area contributed by atoms with Gasteiger partial charge < -0.3 is 20.3 Å². The van der Waals surface area contributed by atoms with Gasteiger partial charge in [0.15, 0.2) is 18.9 Å². The number of β-lactam (4-membered cyclic amide) rings is 1. The number of pyridine rings is 1. The molecule has 2 N–H and O–H groups in total. The molecule has 3 heterocycles. The molecule has 212 valence electrons. The molecule has 0 bridgehead atoms. The average molecular weight is 647 g/mol. The molecule has 2 amide bonds. The third kappa shape index (κ3) is 7.24. The van der Waals surface area contributed by atoms with E-state index in [4.69, 9.17) is 23.2 Å². The Hall–Kier alpha value is -2.45. The molecule has 4 rings (SSSR count). The maximum absolute atomic E-state index is 13.2. The van der Waals surface area contributed by atoms with Crippen molar-refractivity contribution in [2.45, 2.75) is 40.3 Å². The van der Waals surface area contributed by atoms with E-state index in [-0.39, 0.29) is 30.3 Å². The highest BCUT2D eigenvalue weighted by Gasteiger charge is 2.54. The summed E-state index contributed by atoms with van der Waals surface area (Å²) in [5.74, 6) is -3.13. The molecule has 1 aromatic carbocycles. The first-order valence-corrected chi connectivity index (χ1v) is 15.6. The standard InChI is InChI=1S/C25H22Cl2FN3O6S3/c26-14-1-2-16(27)18(9-14)39-12-19(32)29-20-22(33)31-21(25(36)37)13(11-40-23(20)31)10-38-15-3-6-30(7-4-15)8-5-17(28)24(34)35/h1-4,6-7,9,17,20,23H,5,8,10-12H2,(H2-,29,32,34,35,36,37)/t17?,20-,23-/m1/s1. The van der Waals surface area contributed by atoms with Crippen LogP contribution in [0.2, 0.25) is 10.0 Å². The van der Waals surface area contributed by atoms with E-state index in [1.54, 1.807) is 47.3 Å². The molecular formula is C25H22Cl2FN3O6S3. The minimum Gasteiger partial charge on any atom is -0.547 e. The van der Waals surface area contributed by atoms with Crippen LogP contribution < -0.4 is 15.0 Å². The summed E-state index contributed by atoms with van der Waals surface area (Å²) in [4.78, 5) is 50.7. The minimum absolute atomic E-state index is 0.00689. The second kappa shape index (κ2) is 13.5. The Balaban J connectivity index is 1.33. The number of carboxylic acid groups (broad SMARTS) is 2. The summed E-state index contributed by atoms with van der Waals surface area (Å²) in [6.07, 6.45) is 1.09. The van der Waals surface area contributed by atoms with Crippen LogP contribution in [0.3, 0.4) is 0 Å². The number of nitrogens with zero attached hydrogens (tertiary/aromatic N) is 2. The zero-order valence-corrected chi connectivity index (χ0v) is 24.5. The van der Waals surface area contributed by atoms with Crippen molar-refractivity contribution >= 4 is 82.2 Å². The van der Waals surface area contributed by atoms with E-state index < -0.39 is 35.4 Å². The number of alkyl halides is 1. The van der Waals surface area contributed by atoms with E-state index in [1.165, 1.54) is 40.2 Å². The molecule has 9 nitrogen and oxygen atoms in total. The van der Waals surface area contributed by atoms with Crippen molar-refractivity contribution in [3.05, 3.63) is 64.0 Å². The quantitative estimate of drug-likeness (QED) is 0.203. The van der Waals surface area contributed by atoms with Crippen LogP contribution in [0.15, 0.2) is 63.8 Å². The fourth-order valence-electron chi connectivity index (χ4n) is 3.98. The van der Waals surface area contributed by atoms with Crippen molar-refractivity contribution in [2.24, 2.45) is 0 Å². The lowest BCUT2D eigenvalue weighted by atomic mass is 10.0. The predicted octanol–water partition coefficient (Wildman–Crippen LogP) is 2.38. The summed E-state index contributed by atoms with van der Waals surface area (Å²) >= 11 is 16.0. The van der Waals surface area contributed by atoms with Gasteiger partial charge in [-0.05, 0) is 23.8 Å². The van der Waals surface area contributed by atoms with E-state index in [0.29, 0.717) is 32.0 Å². The van der Waals surface area contributed by atoms with Crippen molar-refractivity contribution in [2.75, 3.05) is 17.3 Å². The van der Waals surface area contributed by atoms with E-state index in [2.05, 4.69) is 5.32 Å². The summed E-state index contributed by atoms with van der Waals surface area (Å²) < 4.78 is 14.9. The van der Waals surface area contributed by atoms with Gasteiger partial charge in [0.05, 0.1) is 16.7 Å². The fourth-order valence-corrected chi connectivity index (χ4v) is 7.65. The molecule has 15 heteroatoms. The van der Waals surface area contributed by atoms with Crippen LogP contribution in [0, 0.1) is 0 Å². The first kappa shape index (κ1) is 30.5. The van der Waals surface area contributed by atoms with E-state index in [0.717, 1.165) is 4.90 Å². The number of nitrogens with one attached hydrogen (secondary N) is 1. The van der Waals surface area contributed by atoms with Crippen LogP contribution in [0.1, 0.15) is 6.42 Å². The number of hydrogen-bond acceptors (Lipinski definition) is 8. The summed E-state index contributed by atoms with van der Waals surface area (Å²) in [7, 11) is 0. The third-order valence-corrected chi connectivity index (χ3v) is 10.2. The van der Waals surface area contributed by atoms with Gasteiger partial charge in [-0.3, -0.25) is 14.5 Å². The third-order valence-electron chi connectivity index (χ3n) is 5.99. The fraction of sp³-hybridized carbons (Fsp3) is 0.320. The van der Waals surface area contributed by atoms with Crippen molar-refractivity contribution in [3.8, 4) is 0 Å². The number of aliphatic carboxylic acids is 2. The average Bonchev–Trinajstić information content (AvgIpc) is 2.93. The summed E-state index contributed by atoms with van der Waals surface area (Å²) in [5, 5.41) is 23.5. The first-order valence-electron chi connectivity index (χ1n) is 11.8. The number of thioether (sulfide) groups is 3. The second-order valence-electron chi connectivity index (χ2n) is 8.71. The smallest absolute Gasteiger partial charge is 0.352 e. The van der Waals surface area contributed by atoms with Gasteiger partial charge >= 0.3 is 5.97 Å². The van der Waals surface area contributed by atoms with Gasteiger partial charge in [0, 0.05) is 44.9 Å². The first-order chi connectivity index (χ1) is 19.0. The molecule has 2 aliphatic rings. The topological polar surface area (TPSA) is 131 Å². The van der Waals surface area contributed by atoms with Crippen molar-refractivity contribution in [1.82, 2.24) is 10.2 Å². The largest absolute Gasteiger partial charge is 0.547 e. The van der Waals surface area contributed by atoms with Crippen molar-refractivity contribution in [1.29, 1.82) is 0 Å². The number of rotatable bonds is 12. The van der Waals surface area contributed by atoms with Crippen LogP contribution in [0.4, 0.5) is 4.39 Å². The molecule has 0 spiro atoms. The molecule has 1 fully saturated rings. The Morgan fingerprint density at radius 1 is 1.23 bits per heavy atom. The highest BCUT2D eigenvalue weighted by atomic mass is 35.5. The number of fused-ring (bicyclic) bond motifs is 1. The number of carbonyl (C=O) groups is 4. The van der Waals surface area contributed by atoms with E-state index >= 15 is 0 Å². The number of aromatic nitrogens is 1. The summed E-state index contributed by atoms with van der Waals surface area (Å²) in [6, 6.07) is 7.59. The second-order valence-corrected chi connectivity index (χ2v) is 12.7. The maximum Gasteiger partial charge on any atom is 0.352 e. The van der Waals surface area contributed by atoms with E-state index in [9.17, 15) is 33.8 Å². The molecular weight excluding hydrogens is 624 g/mol. The lowest BCUT2D eigenvalue weighted by Crippen LogP contribution is -2.70. The molecule has 0 radical (unpaired) electrons. The Labute approximate surface area is 251 Å². The van der Waals surface area contributed by atoms with Gasteiger partial charge in [-0.25, -0.2) is 13.8 Å². The molecule has 0 saturated carbocycles. The molecule has 1 aromatic heterocycles.